The highest BCUT2D eigenvalue weighted by molar-refractivity contribution is 7.09. The van der Waals surface area contributed by atoms with Crippen molar-refractivity contribution in [3.8, 4) is 0 Å². The fraction of sp³-hybridized carbons (Fsp3) is 0.765. The van der Waals surface area contributed by atoms with Crippen LogP contribution in [0.4, 0.5) is 13.2 Å². The van der Waals surface area contributed by atoms with E-state index in [2.05, 4.69) is 25.5 Å². The Morgan fingerprint density at radius 2 is 2.12 bits per heavy atom. The number of hydrogen-bond acceptors (Lipinski definition) is 4. The van der Waals surface area contributed by atoms with Crippen LogP contribution < -0.4 is 10.6 Å². The number of aliphatic imine (C=N–C) groups is 1. The topological polar surface area (TPSA) is 52.6 Å². The molecule has 0 aromatic carbocycles. The molecule has 5 nitrogen and oxygen atoms in total. The molecule has 1 aromatic rings. The molecule has 2 N–H and O–H groups in total. The van der Waals surface area contributed by atoms with Gasteiger partial charge in [-0.2, -0.15) is 13.2 Å². The Morgan fingerprint density at radius 3 is 2.77 bits per heavy atom. The first-order valence-electron chi connectivity index (χ1n) is 9.15. The van der Waals surface area contributed by atoms with E-state index in [0.717, 1.165) is 42.1 Å². The molecule has 1 atom stereocenters. The van der Waals surface area contributed by atoms with Crippen molar-refractivity contribution >= 4 is 17.3 Å². The van der Waals surface area contributed by atoms with Gasteiger partial charge < -0.3 is 15.5 Å². The second-order valence-corrected chi connectivity index (χ2v) is 8.03. The summed E-state index contributed by atoms with van der Waals surface area (Å²) in [6.45, 7) is 3.50. The first kappa shape index (κ1) is 19.4. The molecule has 1 unspecified atom stereocenters. The van der Waals surface area contributed by atoms with Gasteiger partial charge in [0.25, 0.3) is 0 Å². The van der Waals surface area contributed by atoms with Gasteiger partial charge in [-0.25, -0.2) is 4.98 Å². The van der Waals surface area contributed by atoms with E-state index in [0.29, 0.717) is 17.0 Å². The summed E-state index contributed by atoms with van der Waals surface area (Å²) in [6.07, 6.45) is 2.11. The van der Waals surface area contributed by atoms with Crippen molar-refractivity contribution in [1.29, 1.82) is 0 Å². The Bertz CT molecular complexity index is 610. The van der Waals surface area contributed by atoms with Crippen molar-refractivity contribution in [3.05, 3.63) is 16.1 Å². The molecule has 0 radical (unpaired) electrons. The molecular weight excluding hydrogens is 363 g/mol. The van der Waals surface area contributed by atoms with Crippen LogP contribution in [0.3, 0.4) is 0 Å². The van der Waals surface area contributed by atoms with Gasteiger partial charge in [0.05, 0.1) is 6.54 Å². The van der Waals surface area contributed by atoms with Gasteiger partial charge in [0.1, 0.15) is 5.01 Å². The molecule has 2 aliphatic rings. The molecule has 146 valence electrons. The minimum atomic E-state index is -4.39. The van der Waals surface area contributed by atoms with Crippen LogP contribution in [0.25, 0.3) is 0 Å². The number of likely N-dealkylation sites (tertiary alicyclic amines) is 1. The molecule has 1 saturated carbocycles. The summed E-state index contributed by atoms with van der Waals surface area (Å²) < 4.78 is 37.8. The van der Waals surface area contributed by atoms with Gasteiger partial charge in [-0.3, -0.25) is 4.99 Å². The quantitative estimate of drug-likeness (QED) is 0.600. The zero-order valence-electron chi connectivity index (χ0n) is 15.0. The highest BCUT2D eigenvalue weighted by Gasteiger charge is 2.33. The Labute approximate surface area is 156 Å². The average molecular weight is 389 g/mol. The van der Waals surface area contributed by atoms with E-state index in [1.165, 1.54) is 32.2 Å². The number of nitrogens with one attached hydrogen (secondary N) is 2. The van der Waals surface area contributed by atoms with Crippen LogP contribution in [0.15, 0.2) is 10.4 Å². The number of nitrogens with zero attached hydrogens (tertiary/aromatic N) is 3. The minimum Gasteiger partial charge on any atom is -0.352 e. The third-order valence-corrected chi connectivity index (χ3v) is 5.93. The monoisotopic (exact) mass is 389 g/mol. The Kier molecular flexibility index (Phi) is 6.39. The highest BCUT2D eigenvalue weighted by Crippen LogP contribution is 2.30. The number of alkyl halides is 3. The maximum absolute atomic E-state index is 12.6. The maximum atomic E-state index is 12.6. The smallest absolute Gasteiger partial charge is 0.352 e. The zero-order chi connectivity index (χ0) is 18.6. The number of guanidine groups is 1. The van der Waals surface area contributed by atoms with Crippen molar-refractivity contribution in [2.45, 2.75) is 50.9 Å². The summed E-state index contributed by atoms with van der Waals surface area (Å²) in [7, 11) is 1.67. The second kappa shape index (κ2) is 8.56. The lowest BCUT2D eigenvalue weighted by molar-refractivity contribution is -0.140. The SMILES string of the molecule is CN=C(NCc1nc(C(F)(F)F)cs1)NC1CCN(CC2CCCC2)C1. The van der Waals surface area contributed by atoms with Gasteiger partial charge in [0.2, 0.25) is 0 Å². The summed E-state index contributed by atoms with van der Waals surface area (Å²) in [5.74, 6) is 1.46. The zero-order valence-corrected chi connectivity index (χ0v) is 15.8. The molecule has 0 amide bonds. The molecule has 26 heavy (non-hydrogen) atoms. The van der Waals surface area contributed by atoms with E-state index in [1.54, 1.807) is 7.05 Å². The lowest BCUT2D eigenvalue weighted by Gasteiger charge is -2.21. The van der Waals surface area contributed by atoms with E-state index in [4.69, 9.17) is 0 Å². The van der Waals surface area contributed by atoms with Crippen LogP contribution in [0.2, 0.25) is 0 Å². The van der Waals surface area contributed by atoms with Gasteiger partial charge >= 0.3 is 6.18 Å². The number of rotatable bonds is 5. The van der Waals surface area contributed by atoms with E-state index in [1.807, 2.05) is 0 Å². The Morgan fingerprint density at radius 1 is 1.35 bits per heavy atom. The third-order valence-electron chi connectivity index (χ3n) is 5.08. The lowest BCUT2D eigenvalue weighted by Crippen LogP contribution is -2.44. The van der Waals surface area contributed by atoms with Gasteiger partial charge in [-0.15, -0.1) is 11.3 Å². The summed E-state index contributed by atoms with van der Waals surface area (Å²) in [5, 5.41) is 7.89. The van der Waals surface area contributed by atoms with Crippen LogP contribution >= 0.6 is 11.3 Å². The number of aromatic nitrogens is 1. The summed E-state index contributed by atoms with van der Waals surface area (Å²) in [6, 6.07) is 0.324. The first-order chi connectivity index (χ1) is 12.4. The molecular formula is C17H26F3N5S. The average Bonchev–Trinajstić information content (AvgIpc) is 3.33. The molecule has 0 spiro atoms. The molecule has 2 fully saturated rings. The van der Waals surface area contributed by atoms with Gasteiger partial charge in [0, 0.05) is 38.1 Å². The minimum absolute atomic E-state index is 0.235. The number of halogens is 3. The molecule has 1 aliphatic carbocycles. The van der Waals surface area contributed by atoms with Crippen LogP contribution in [0, 0.1) is 5.92 Å². The molecule has 1 aliphatic heterocycles. The van der Waals surface area contributed by atoms with Crippen LogP contribution in [-0.2, 0) is 12.7 Å². The Balaban J connectivity index is 1.42. The summed E-state index contributed by atoms with van der Waals surface area (Å²) in [4.78, 5) is 10.3. The number of thiazole rings is 1. The molecule has 1 aromatic heterocycles. The standard InChI is InChI=1S/C17H26F3N5S/c1-21-16(22-8-15-24-14(11-26-15)17(18,19)20)23-13-6-7-25(10-13)9-12-4-2-3-5-12/h11-13H,2-10H2,1H3,(H2,21,22,23). The fourth-order valence-corrected chi connectivity index (χ4v) is 4.48. The summed E-state index contributed by atoms with van der Waals surface area (Å²) in [5.41, 5.74) is -0.833. The molecule has 1 saturated heterocycles. The van der Waals surface area contributed by atoms with Crippen molar-refractivity contribution in [2.75, 3.05) is 26.7 Å². The molecule has 0 bridgehead atoms. The van der Waals surface area contributed by atoms with Gasteiger partial charge in [0.15, 0.2) is 11.7 Å². The van der Waals surface area contributed by atoms with E-state index in [9.17, 15) is 13.2 Å². The molecule has 2 heterocycles. The van der Waals surface area contributed by atoms with Crippen LogP contribution in [0.1, 0.15) is 42.8 Å². The number of hydrogen-bond donors (Lipinski definition) is 2. The van der Waals surface area contributed by atoms with E-state index < -0.39 is 11.9 Å². The van der Waals surface area contributed by atoms with Crippen molar-refractivity contribution in [2.24, 2.45) is 10.9 Å². The van der Waals surface area contributed by atoms with Crippen molar-refractivity contribution in [1.82, 2.24) is 20.5 Å². The summed E-state index contributed by atoms with van der Waals surface area (Å²) >= 11 is 1.01. The van der Waals surface area contributed by atoms with E-state index in [-0.39, 0.29) is 6.54 Å². The largest absolute Gasteiger partial charge is 0.434 e. The van der Waals surface area contributed by atoms with E-state index >= 15 is 0 Å². The first-order valence-corrected chi connectivity index (χ1v) is 10.0. The van der Waals surface area contributed by atoms with Crippen molar-refractivity contribution < 1.29 is 13.2 Å². The third kappa shape index (κ3) is 5.33. The predicted molar refractivity (Wildman–Crippen MR) is 97.3 cm³/mol. The van der Waals surface area contributed by atoms with Gasteiger partial charge in [-0.1, -0.05) is 12.8 Å². The normalized spacial score (nSPS) is 22.9. The maximum Gasteiger partial charge on any atom is 0.434 e. The van der Waals surface area contributed by atoms with Crippen LogP contribution in [-0.4, -0.2) is 48.6 Å². The Hall–Kier alpha value is -1.35. The van der Waals surface area contributed by atoms with Gasteiger partial charge in [-0.05, 0) is 25.2 Å². The van der Waals surface area contributed by atoms with Crippen LogP contribution in [0.5, 0.6) is 0 Å². The fourth-order valence-electron chi connectivity index (χ4n) is 3.74. The highest BCUT2D eigenvalue weighted by atomic mass is 32.1. The van der Waals surface area contributed by atoms with Crippen molar-refractivity contribution in [3.63, 3.8) is 0 Å². The lowest BCUT2D eigenvalue weighted by atomic mass is 10.1. The molecule has 3 rings (SSSR count). The second-order valence-electron chi connectivity index (χ2n) is 7.09. The molecule has 9 heteroatoms. The predicted octanol–water partition coefficient (Wildman–Crippen LogP) is 3.09.